The van der Waals surface area contributed by atoms with Gasteiger partial charge in [-0.3, -0.25) is 14.5 Å². The van der Waals surface area contributed by atoms with E-state index in [1.165, 1.54) is 11.6 Å². The Morgan fingerprint density at radius 2 is 2.16 bits per heavy atom. The van der Waals surface area contributed by atoms with Crippen LogP contribution >= 0.6 is 0 Å². The zero-order valence-electron chi connectivity index (χ0n) is 19.1. The van der Waals surface area contributed by atoms with Crippen molar-refractivity contribution in [3.05, 3.63) is 87.7 Å². The van der Waals surface area contributed by atoms with E-state index in [1.54, 1.807) is 35.9 Å². The minimum atomic E-state index is -0.0901. The topological polar surface area (TPSA) is 86.3 Å². The first-order chi connectivity index (χ1) is 15.5. The number of aromatic nitrogens is 4. The third-order valence-corrected chi connectivity index (χ3v) is 5.01. The normalized spacial score (nSPS) is 12.2. The molecule has 3 rings (SSSR count). The Morgan fingerprint density at radius 3 is 2.88 bits per heavy atom. The van der Waals surface area contributed by atoms with E-state index in [2.05, 4.69) is 27.4 Å². The van der Waals surface area contributed by atoms with E-state index in [4.69, 9.17) is 4.74 Å². The van der Waals surface area contributed by atoms with Gasteiger partial charge in [-0.1, -0.05) is 23.8 Å². The second kappa shape index (κ2) is 11.2. The highest BCUT2D eigenvalue weighted by atomic mass is 16.5. The molecule has 0 bridgehead atoms. The molecule has 168 valence electrons. The van der Waals surface area contributed by atoms with Crippen LogP contribution in [0, 0.1) is 0 Å². The summed E-state index contributed by atoms with van der Waals surface area (Å²) in [7, 11) is 5.31. The third-order valence-electron chi connectivity index (χ3n) is 5.01. The van der Waals surface area contributed by atoms with E-state index < -0.39 is 0 Å². The second-order valence-electron chi connectivity index (χ2n) is 7.62. The number of ether oxygens (including phenoxy) is 1. The molecule has 0 radical (unpaired) electrons. The van der Waals surface area contributed by atoms with E-state index in [1.807, 2.05) is 43.7 Å². The van der Waals surface area contributed by atoms with Crippen LogP contribution in [0.1, 0.15) is 36.6 Å². The van der Waals surface area contributed by atoms with Gasteiger partial charge in [0.1, 0.15) is 17.2 Å². The van der Waals surface area contributed by atoms with Gasteiger partial charge in [0.15, 0.2) is 0 Å². The highest BCUT2D eigenvalue weighted by Crippen LogP contribution is 2.11. The van der Waals surface area contributed by atoms with Crippen molar-refractivity contribution < 1.29 is 4.74 Å². The number of nitrogens with zero attached hydrogens (tertiary/aromatic N) is 5. The smallest absolute Gasteiger partial charge is 0.203 e. The summed E-state index contributed by atoms with van der Waals surface area (Å²) in [6.45, 7) is 2.83. The molecule has 0 saturated carbocycles. The van der Waals surface area contributed by atoms with Crippen LogP contribution in [0.4, 0.5) is 0 Å². The number of allylic oxidation sites excluding steroid dienone is 1. The zero-order chi connectivity index (χ0) is 22.9. The summed E-state index contributed by atoms with van der Waals surface area (Å²) in [5.74, 6) is 0.770. The van der Waals surface area contributed by atoms with Gasteiger partial charge in [-0.15, -0.1) is 0 Å². The molecule has 0 spiro atoms. The fourth-order valence-corrected chi connectivity index (χ4v) is 3.30. The molecular formula is C24H30N6O2. The summed E-state index contributed by atoms with van der Waals surface area (Å²) in [4.78, 5) is 16.8. The molecule has 0 aliphatic carbocycles. The fraction of sp³-hybridized carbons (Fsp3) is 0.333. The molecule has 0 saturated heterocycles. The molecule has 8 nitrogen and oxygen atoms in total. The van der Waals surface area contributed by atoms with Crippen molar-refractivity contribution in [1.82, 2.24) is 24.9 Å². The molecule has 32 heavy (non-hydrogen) atoms. The Bertz CT molecular complexity index is 1160. The van der Waals surface area contributed by atoms with Gasteiger partial charge in [0.05, 0.1) is 12.4 Å². The molecular weight excluding hydrogens is 404 g/mol. The van der Waals surface area contributed by atoms with Crippen LogP contribution in [0.25, 0.3) is 5.69 Å². The van der Waals surface area contributed by atoms with Crippen molar-refractivity contribution in [2.45, 2.75) is 26.2 Å². The fourth-order valence-electron chi connectivity index (χ4n) is 3.30. The highest BCUT2D eigenvalue weighted by Gasteiger charge is 2.09. The Balaban J connectivity index is 1.76. The standard InChI is InChI=1S/C24H30N6O2/c1-18(7-6-12-32-4)15-26-24(25-2)20-9-5-8-19(13-20)14-22-23(31)10-11-30(28-22)21-16-27-29(3)17-21/h5,8-11,13,15-17H,6-7,12,14H2,1-4H3,(H,25,26)/b18-15+. The van der Waals surface area contributed by atoms with Gasteiger partial charge in [-0.05, 0) is 31.4 Å². The van der Waals surface area contributed by atoms with Crippen molar-refractivity contribution in [1.29, 1.82) is 0 Å². The van der Waals surface area contributed by atoms with Gasteiger partial charge in [0, 0.05) is 58.3 Å². The molecule has 0 aliphatic rings. The molecule has 0 aliphatic heterocycles. The number of hydrogen-bond acceptors (Lipinski definition) is 5. The van der Waals surface area contributed by atoms with E-state index in [0.29, 0.717) is 12.1 Å². The van der Waals surface area contributed by atoms with Crippen LogP contribution in [0.5, 0.6) is 0 Å². The lowest BCUT2D eigenvalue weighted by molar-refractivity contribution is 0.195. The summed E-state index contributed by atoms with van der Waals surface area (Å²) in [6, 6.07) is 9.53. The van der Waals surface area contributed by atoms with Gasteiger partial charge >= 0.3 is 0 Å². The van der Waals surface area contributed by atoms with Gasteiger partial charge in [-0.25, -0.2) is 4.68 Å². The minimum Gasteiger partial charge on any atom is -0.385 e. The number of nitrogens with one attached hydrogen (secondary N) is 1. The molecule has 0 amide bonds. The van der Waals surface area contributed by atoms with E-state index in [0.717, 1.165) is 42.1 Å². The average Bonchev–Trinajstić information content (AvgIpc) is 3.22. The van der Waals surface area contributed by atoms with Crippen molar-refractivity contribution in [2.75, 3.05) is 20.8 Å². The highest BCUT2D eigenvalue weighted by molar-refractivity contribution is 5.99. The SMILES string of the molecule is CN=C(N/C=C(\C)CCCOC)c1cccc(Cc2nn(-c3cnn(C)c3)ccc2=O)c1. The van der Waals surface area contributed by atoms with E-state index in [9.17, 15) is 4.79 Å². The van der Waals surface area contributed by atoms with Gasteiger partial charge < -0.3 is 10.1 Å². The number of aliphatic imine (C=N–C) groups is 1. The number of benzene rings is 1. The summed E-state index contributed by atoms with van der Waals surface area (Å²) in [6.07, 6.45) is 9.57. The van der Waals surface area contributed by atoms with Crippen molar-refractivity contribution >= 4 is 5.84 Å². The van der Waals surface area contributed by atoms with Crippen LogP contribution < -0.4 is 10.7 Å². The van der Waals surface area contributed by atoms with Crippen molar-refractivity contribution in [3.63, 3.8) is 0 Å². The maximum atomic E-state index is 12.4. The lowest BCUT2D eigenvalue weighted by Crippen LogP contribution is -2.20. The molecule has 1 N–H and O–H groups in total. The van der Waals surface area contributed by atoms with Crippen LogP contribution in [-0.2, 0) is 18.2 Å². The predicted octanol–water partition coefficient (Wildman–Crippen LogP) is 2.85. The van der Waals surface area contributed by atoms with Crippen LogP contribution in [0.15, 0.2) is 70.5 Å². The number of hydrogen-bond donors (Lipinski definition) is 1. The first-order valence-corrected chi connectivity index (χ1v) is 10.5. The van der Waals surface area contributed by atoms with Gasteiger partial charge in [0.25, 0.3) is 0 Å². The maximum Gasteiger partial charge on any atom is 0.203 e. The van der Waals surface area contributed by atoms with Crippen molar-refractivity contribution in [2.24, 2.45) is 12.0 Å². The Hall–Kier alpha value is -3.52. The summed E-state index contributed by atoms with van der Waals surface area (Å²) < 4.78 is 8.48. The molecule has 0 atom stereocenters. The summed E-state index contributed by atoms with van der Waals surface area (Å²) in [5.41, 5.74) is 4.36. The first-order valence-electron chi connectivity index (χ1n) is 10.5. The molecule has 2 heterocycles. The number of methoxy groups -OCH3 is 1. The molecule has 0 unspecified atom stereocenters. The van der Waals surface area contributed by atoms with Crippen LogP contribution in [0.3, 0.4) is 0 Å². The number of amidine groups is 1. The zero-order valence-corrected chi connectivity index (χ0v) is 19.1. The monoisotopic (exact) mass is 434 g/mol. The lowest BCUT2D eigenvalue weighted by atomic mass is 10.1. The molecule has 3 aromatic rings. The Kier molecular flexibility index (Phi) is 8.10. The van der Waals surface area contributed by atoms with E-state index >= 15 is 0 Å². The molecule has 8 heteroatoms. The van der Waals surface area contributed by atoms with Crippen LogP contribution in [0.2, 0.25) is 0 Å². The van der Waals surface area contributed by atoms with Gasteiger partial charge in [-0.2, -0.15) is 10.2 Å². The maximum absolute atomic E-state index is 12.4. The quantitative estimate of drug-likeness (QED) is 0.318. The first kappa shape index (κ1) is 23.1. The molecule has 2 aromatic heterocycles. The molecule has 0 fully saturated rings. The predicted molar refractivity (Wildman–Crippen MR) is 126 cm³/mol. The summed E-state index contributed by atoms with van der Waals surface area (Å²) >= 11 is 0. The van der Waals surface area contributed by atoms with E-state index in [-0.39, 0.29) is 5.43 Å². The number of rotatable bonds is 9. The largest absolute Gasteiger partial charge is 0.385 e. The molecule has 1 aromatic carbocycles. The lowest BCUT2D eigenvalue weighted by Gasteiger charge is -2.10. The summed E-state index contributed by atoms with van der Waals surface area (Å²) in [5, 5.41) is 12.0. The third kappa shape index (κ3) is 6.24. The second-order valence-corrected chi connectivity index (χ2v) is 7.62. The van der Waals surface area contributed by atoms with Crippen LogP contribution in [-0.4, -0.2) is 46.2 Å². The Labute approximate surface area is 188 Å². The minimum absolute atomic E-state index is 0.0901. The van der Waals surface area contributed by atoms with Gasteiger partial charge in [0.2, 0.25) is 5.43 Å². The average molecular weight is 435 g/mol. The number of aryl methyl sites for hydroxylation is 1. The Morgan fingerprint density at radius 1 is 1.31 bits per heavy atom. The van der Waals surface area contributed by atoms with Crippen molar-refractivity contribution in [3.8, 4) is 5.69 Å².